The van der Waals surface area contributed by atoms with E-state index in [9.17, 15) is 0 Å². The molecule has 1 aromatic heterocycles. The third kappa shape index (κ3) is 1.68. The lowest BCUT2D eigenvalue weighted by Crippen LogP contribution is -2.45. The van der Waals surface area contributed by atoms with Crippen LogP contribution >= 0.6 is 11.6 Å². The van der Waals surface area contributed by atoms with Crippen LogP contribution < -0.4 is 15.2 Å². The minimum atomic E-state index is -0.482. The van der Waals surface area contributed by atoms with Gasteiger partial charge in [0.15, 0.2) is 11.5 Å². The molecule has 0 atom stereocenters. The van der Waals surface area contributed by atoms with Gasteiger partial charge in [-0.25, -0.2) is 0 Å². The molecule has 4 rings (SSSR count). The number of nitrogens with zero attached hydrogens (tertiary/aromatic N) is 2. The first-order valence-electron chi connectivity index (χ1n) is 6.44. The fourth-order valence-electron chi connectivity index (χ4n) is 2.40. The van der Waals surface area contributed by atoms with E-state index in [1.54, 1.807) is 12.1 Å². The van der Waals surface area contributed by atoms with Gasteiger partial charge in [0.25, 0.3) is 5.79 Å². The first kappa shape index (κ1) is 12.0. The second-order valence-electron chi connectivity index (χ2n) is 4.96. The van der Waals surface area contributed by atoms with Gasteiger partial charge in [0.2, 0.25) is 11.7 Å². The number of hydrogen-bond acceptors (Lipinski definition) is 6. The maximum atomic E-state index is 6.26. The smallest absolute Gasteiger partial charge is 0.251 e. The molecule has 2 heterocycles. The number of ether oxygens (including phenoxy) is 2. The molecule has 1 aromatic carbocycles. The standard InChI is InChI=1S/C13H12ClN3O3/c14-8-5-10-9(18-13(19-10)2-1-3-13)4-7(8)12-16-11(6-15)20-17-12/h4-5H,1-3,6,15H2. The van der Waals surface area contributed by atoms with E-state index >= 15 is 0 Å². The molecule has 6 nitrogen and oxygen atoms in total. The van der Waals surface area contributed by atoms with E-state index in [1.165, 1.54) is 0 Å². The van der Waals surface area contributed by atoms with Gasteiger partial charge in [0.1, 0.15) is 0 Å². The van der Waals surface area contributed by atoms with Crippen molar-refractivity contribution in [2.24, 2.45) is 5.73 Å². The number of fused-ring (bicyclic) bond motifs is 1. The Hall–Kier alpha value is -1.79. The van der Waals surface area contributed by atoms with Crippen LogP contribution in [0.3, 0.4) is 0 Å². The summed E-state index contributed by atoms with van der Waals surface area (Å²) in [4.78, 5) is 4.17. The first-order valence-corrected chi connectivity index (χ1v) is 6.81. The van der Waals surface area contributed by atoms with E-state index in [0.29, 0.717) is 33.8 Å². The van der Waals surface area contributed by atoms with Crippen molar-refractivity contribution >= 4 is 11.6 Å². The summed E-state index contributed by atoms with van der Waals surface area (Å²) in [5.41, 5.74) is 6.10. The molecule has 20 heavy (non-hydrogen) atoms. The molecule has 104 valence electrons. The average Bonchev–Trinajstić information content (AvgIpc) is 3.00. The predicted molar refractivity (Wildman–Crippen MR) is 70.5 cm³/mol. The van der Waals surface area contributed by atoms with Gasteiger partial charge in [-0.15, -0.1) is 0 Å². The number of rotatable bonds is 2. The average molecular weight is 294 g/mol. The highest BCUT2D eigenvalue weighted by molar-refractivity contribution is 6.33. The Morgan fingerprint density at radius 1 is 1.25 bits per heavy atom. The van der Waals surface area contributed by atoms with Gasteiger partial charge < -0.3 is 19.7 Å². The van der Waals surface area contributed by atoms with Crippen molar-refractivity contribution < 1.29 is 14.0 Å². The van der Waals surface area contributed by atoms with Crippen LogP contribution in [0.4, 0.5) is 0 Å². The summed E-state index contributed by atoms with van der Waals surface area (Å²) < 4.78 is 16.7. The van der Waals surface area contributed by atoms with E-state index in [2.05, 4.69) is 10.1 Å². The van der Waals surface area contributed by atoms with Gasteiger partial charge in [0, 0.05) is 24.5 Å². The molecule has 0 unspecified atom stereocenters. The number of aromatic nitrogens is 2. The van der Waals surface area contributed by atoms with Crippen LogP contribution in [0.2, 0.25) is 5.02 Å². The van der Waals surface area contributed by atoms with Gasteiger partial charge in [0.05, 0.1) is 11.6 Å². The summed E-state index contributed by atoms with van der Waals surface area (Å²) in [6.07, 6.45) is 2.90. The Labute approximate surface area is 119 Å². The molecule has 0 saturated heterocycles. The molecule has 2 N–H and O–H groups in total. The van der Waals surface area contributed by atoms with Crippen LogP contribution in [0.25, 0.3) is 11.4 Å². The lowest BCUT2D eigenvalue weighted by Gasteiger charge is -2.35. The van der Waals surface area contributed by atoms with E-state index in [4.69, 9.17) is 31.3 Å². The summed E-state index contributed by atoms with van der Waals surface area (Å²) in [7, 11) is 0. The highest BCUT2D eigenvalue weighted by atomic mass is 35.5. The summed E-state index contributed by atoms with van der Waals surface area (Å²) in [5.74, 6) is 1.62. The molecule has 1 spiro atoms. The van der Waals surface area contributed by atoms with Gasteiger partial charge in [-0.1, -0.05) is 16.8 Å². The van der Waals surface area contributed by atoms with Crippen molar-refractivity contribution in [1.29, 1.82) is 0 Å². The van der Waals surface area contributed by atoms with Crippen molar-refractivity contribution in [1.82, 2.24) is 10.1 Å². The molecule has 7 heteroatoms. The fourth-order valence-corrected chi connectivity index (χ4v) is 2.64. The van der Waals surface area contributed by atoms with Crippen molar-refractivity contribution in [3.8, 4) is 22.9 Å². The minimum absolute atomic E-state index is 0.193. The number of halogens is 1. The topological polar surface area (TPSA) is 83.4 Å². The summed E-state index contributed by atoms with van der Waals surface area (Å²) >= 11 is 6.26. The van der Waals surface area contributed by atoms with Gasteiger partial charge >= 0.3 is 0 Å². The Balaban J connectivity index is 1.74. The zero-order valence-corrected chi connectivity index (χ0v) is 11.3. The number of nitrogens with two attached hydrogens (primary N) is 1. The lowest BCUT2D eigenvalue weighted by molar-refractivity contribution is -0.138. The van der Waals surface area contributed by atoms with Crippen LogP contribution in [-0.4, -0.2) is 15.9 Å². The molecule has 0 amide bonds. The van der Waals surface area contributed by atoms with Crippen molar-refractivity contribution in [3.63, 3.8) is 0 Å². The quantitative estimate of drug-likeness (QED) is 0.916. The molecule has 1 aliphatic carbocycles. The molecule has 0 bridgehead atoms. The van der Waals surface area contributed by atoms with E-state index < -0.39 is 5.79 Å². The third-order valence-corrected chi connectivity index (χ3v) is 3.94. The molecule has 1 aliphatic heterocycles. The SMILES string of the molecule is NCc1nc(-c2cc3c(cc2Cl)OC2(CCC2)O3)no1. The van der Waals surface area contributed by atoms with Gasteiger partial charge in [-0.05, 0) is 12.5 Å². The minimum Gasteiger partial charge on any atom is -0.448 e. The molecule has 1 fully saturated rings. The fraction of sp³-hybridized carbons (Fsp3) is 0.385. The Morgan fingerprint density at radius 3 is 2.60 bits per heavy atom. The van der Waals surface area contributed by atoms with E-state index in [0.717, 1.165) is 19.3 Å². The Morgan fingerprint density at radius 2 is 2.00 bits per heavy atom. The second kappa shape index (κ2) is 4.10. The molecule has 2 aromatic rings. The van der Waals surface area contributed by atoms with E-state index in [1.807, 2.05) is 0 Å². The maximum absolute atomic E-state index is 6.26. The van der Waals surface area contributed by atoms with E-state index in [-0.39, 0.29) is 6.54 Å². The second-order valence-corrected chi connectivity index (χ2v) is 5.37. The highest BCUT2D eigenvalue weighted by Crippen LogP contribution is 2.50. The summed E-state index contributed by atoms with van der Waals surface area (Å²) in [6, 6.07) is 3.52. The zero-order chi connectivity index (χ0) is 13.7. The predicted octanol–water partition coefficient (Wildman–Crippen LogP) is 2.50. The molecule has 1 saturated carbocycles. The summed E-state index contributed by atoms with van der Waals surface area (Å²) in [5, 5.41) is 4.36. The largest absolute Gasteiger partial charge is 0.448 e. The van der Waals surface area contributed by atoms with Crippen LogP contribution in [0.1, 0.15) is 25.2 Å². The number of benzene rings is 1. The normalized spacial score (nSPS) is 18.3. The van der Waals surface area contributed by atoms with Crippen LogP contribution in [-0.2, 0) is 6.54 Å². The summed E-state index contributed by atoms with van der Waals surface area (Å²) in [6.45, 7) is 0.193. The lowest BCUT2D eigenvalue weighted by atomic mass is 9.91. The maximum Gasteiger partial charge on any atom is 0.251 e. The molecule has 2 aliphatic rings. The van der Waals surface area contributed by atoms with Gasteiger partial charge in [-0.3, -0.25) is 0 Å². The molecular weight excluding hydrogens is 282 g/mol. The Kier molecular flexibility index (Phi) is 2.46. The third-order valence-electron chi connectivity index (χ3n) is 3.62. The van der Waals surface area contributed by atoms with Crippen molar-refractivity contribution in [2.45, 2.75) is 31.6 Å². The van der Waals surface area contributed by atoms with Crippen molar-refractivity contribution in [2.75, 3.05) is 0 Å². The first-order chi connectivity index (χ1) is 9.69. The Bertz CT molecular complexity index is 681. The van der Waals surface area contributed by atoms with Gasteiger partial charge in [-0.2, -0.15) is 4.98 Å². The molecule has 0 radical (unpaired) electrons. The van der Waals surface area contributed by atoms with Crippen LogP contribution in [0.15, 0.2) is 16.7 Å². The van der Waals surface area contributed by atoms with Crippen molar-refractivity contribution in [3.05, 3.63) is 23.0 Å². The number of hydrogen-bond donors (Lipinski definition) is 1. The zero-order valence-electron chi connectivity index (χ0n) is 10.6. The van der Waals surface area contributed by atoms with Crippen LogP contribution in [0, 0.1) is 0 Å². The molecular formula is C13H12ClN3O3. The monoisotopic (exact) mass is 293 g/mol. The van der Waals surface area contributed by atoms with Crippen LogP contribution in [0.5, 0.6) is 11.5 Å². The highest BCUT2D eigenvalue weighted by Gasteiger charge is 2.47.